The summed E-state index contributed by atoms with van der Waals surface area (Å²) in [7, 11) is 0. The Balaban J connectivity index is 2.25. The first-order chi connectivity index (χ1) is 4.84. The summed E-state index contributed by atoms with van der Waals surface area (Å²) in [5.74, 6) is 3.34. The van der Waals surface area contributed by atoms with Crippen molar-refractivity contribution in [2.24, 2.45) is 11.7 Å². The van der Waals surface area contributed by atoms with E-state index in [4.69, 9.17) is 5.73 Å². The lowest BCUT2D eigenvalue weighted by atomic mass is 9.93. The van der Waals surface area contributed by atoms with E-state index in [1.54, 1.807) is 0 Å². The third-order valence-corrected chi connectivity index (χ3v) is 3.35. The van der Waals surface area contributed by atoms with E-state index >= 15 is 0 Å². The van der Waals surface area contributed by atoms with Crippen LogP contribution in [0.4, 0.5) is 0 Å². The molecule has 2 heteroatoms. The number of thioether (sulfide) groups is 1. The van der Waals surface area contributed by atoms with Gasteiger partial charge in [-0.25, -0.2) is 0 Å². The summed E-state index contributed by atoms with van der Waals surface area (Å²) < 4.78 is 0. The first-order valence-corrected chi connectivity index (χ1v) is 5.33. The highest BCUT2D eigenvalue weighted by atomic mass is 32.2. The van der Waals surface area contributed by atoms with E-state index in [-0.39, 0.29) is 0 Å². The Morgan fingerprint density at radius 3 is 3.00 bits per heavy atom. The van der Waals surface area contributed by atoms with Crippen molar-refractivity contribution in [2.45, 2.75) is 32.2 Å². The Morgan fingerprint density at radius 1 is 1.60 bits per heavy atom. The molecule has 0 spiro atoms. The Labute approximate surface area is 67.8 Å². The van der Waals surface area contributed by atoms with Crippen molar-refractivity contribution in [3.63, 3.8) is 0 Å². The lowest BCUT2D eigenvalue weighted by Crippen LogP contribution is -2.35. The average molecular weight is 159 g/mol. The molecule has 1 rings (SSSR count). The fourth-order valence-electron chi connectivity index (χ4n) is 1.53. The summed E-state index contributed by atoms with van der Waals surface area (Å²) >= 11 is 2.01. The van der Waals surface area contributed by atoms with Gasteiger partial charge in [-0.15, -0.1) is 0 Å². The smallest absolute Gasteiger partial charge is 0.0159 e. The largest absolute Gasteiger partial charge is 0.327 e. The summed E-state index contributed by atoms with van der Waals surface area (Å²) in [6, 6.07) is 0.485. The van der Waals surface area contributed by atoms with E-state index in [0.29, 0.717) is 6.04 Å². The Kier molecular flexibility index (Phi) is 3.57. The van der Waals surface area contributed by atoms with Crippen LogP contribution in [0.25, 0.3) is 0 Å². The van der Waals surface area contributed by atoms with Crippen LogP contribution in [0.5, 0.6) is 0 Å². The summed E-state index contributed by atoms with van der Waals surface area (Å²) in [5, 5.41) is 0. The van der Waals surface area contributed by atoms with Gasteiger partial charge in [-0.2, -0.15) is 11.8 Å². The molecule has 1 nitrogen and oxygen atoms in total. The van der Waals surface area contributed by atoms with Gasteiger partial charge in [0.2, 0.25) is 0 Å². The molecule has 0 aromatic carbocycles. The third-order valence-electron chi connectivity index (χ3n) is 2.21. The molecule has 2 N–H and O–H groups in total. The van der Waals surface area contributed by atoms with Crippen molar-refractivity contribution >= 4 is 11.8 Å². The molecule has 0 radical (unpaired) electrons. The Bertz CT molecular complexity index is 93.3. The SMILES string of the molecule is CCCC1CCSCC1N. The molecule has 1 fully saturated rings. The van der Waals surface area contributed by atoms with Gasteiger partial charge in [-0.3, -0.25) is 0 Å². The zero-order valence-corrected chi connectivity index (χ0v) is 7.49. The van der Waals surface area contributed by atoms with Gasteiger partial charge < -0.3 is 5.73 Å². The highest BCUT2D eigenvalue weighted by molar-refractivity contribution is 7.99. The van der Waals surface area contributed by atoms with Crippen LogP contribution >= 0.6 is 11.8 Å². The van der Waals surface area contributed by atoms with E-state index < -0.39 is 0 Å². The number of hydrogen-bond donors (Lipinski definition) is 1. The predicted molar refractivity (Wildman–Crippen MR) is 48.3 cm³/mol. The molecule has 0 aliphatic carbocycles. The van der Waals surface area contributed by atoms with E-state index in [1.807, 2.05) is 11.8 Å². The summed E-state index contributed by atoms with van der Waals surface area (Å²) in [6.07, 6.45) is 3.98. The first kappa shape index (κ1) is 8.41. The van der Waals surface area contributed by atoms with Crippen LogP contribution in [-0.2, 0) is 0 Å². The molecule has 1 aliphatic rings. The van der Waals surface area contributed by atoms with Crippen molar-refractivity contribution in [3.8, 4) is 0 Å². The highest BCUT2D eigenvalue weighted by Gasteiger charge is 2.20. The molecule has 0 aromatic rings. The zero-order valence-electron chi connectivity index (χ0n) is 6.68. The van der Waals surface area contributed by atoms with Crippen LogP contribution in [0.2, 0.25) is 0 Å². The normalized spacial score (nSPS) is 34.2. The standard InChI is InChI=1S/C8H17NS/c1-2-3-7-4-5-10-6-8(7)9/h7-8H,2-6,9H2,1H3. The predicted octanol–water partition coefficient (Wildman–Crippen LogP) is 1.87. The van der Waals surface area contributed by atoms with Crippen LogP contribution in [-0.4, -0.2) is 17.5 Å². The van der Waals surface area contributed by atoms with E-state index in [9.17, 15) is 0 Å². The van der Waals surface area contributed by atoms with Crippen LogP contribution in [0.1, 0.15) is 26.2 Å². The maximum absolute atomic E-state index is 5.94. The van der Waals surface area contributed by atoms with Crippen molar-refractivity contribution in [1.82, 2.24) is 0 Å². The van der Waals surface area contributed by atoms with Gasteiger partial charge in [0, 0.05) is 11.8 Å². The third kappa shape index (κ3) is 2.17. The molecular formula is C8H17NS. The maximum Gasteiger partial charge on any atom is 0.0159 e. The second-order valence-electron chi connectivity index (χ2n) is 3.08. The molecule has 60 valence electrons. The second kappa shape index (κ2) is 4.24. The van der Waals surface area contributed by atoms with Gasteiger partial charge in [-0.1, -0.05) is 13.3 Å². The fraction of sp³-hybridized carbons (Fsp3) is 1.00. The molecular weight excluding hydrogens is 142 g/mol. The van der Waals surface area contributed by atoms with E-state index in [0.717, 1.165) is 5.92 Å². The summed E-state index contributed by atoms with van der Waals surface area (Å²) in [6.45, 7) is 2.24. The molecule has 1 saturated heterocycles. The van der Waals surface area contributed by atoms with Gasteiger partial charge in [0.15, 0.2) is 0 Å². The lowest BCUT2D eigenvalue weighted by molar-refractivity contribution is 0.395. The molecule has 0 saturated carbocycles. The first-order valence-electron chi connectivity index (χ1n) is 4.18. The molecule has 0 amide bonds. The molecule has 2 unspecified atom stereocenters. The lowest BCUT2D eigenvalue weighted by Gasteiger charge is -2.27. The molecule has 0 aromatic heterocycles. The number of rotatable bonds is 2. The molecule has 1 aliphatic heterocycles. The van der Waals surface area contributed by atoms with Gasteiger partial charge in [0.1, 0.15) is 0 Å². The van der Waals surface area contributed by atoms with Crippen LogP contribution in [0, 0.1) is 5.92 Å². The minimum Gasteiger partial charge on any atom is -0.327 e. The van der Waals surface area contributed by atoms with Gasteiger partial charge in [-0.05, 0) is 24.5 Å². The quantitative estimate of drug-likeness (QED) is 0.665. The zero-order chi connectivity index (χ0) is 7.40. The van der Waals surface area contributed by atoms with Gasteiger partial charge in [0.05, 0.1) is 0 Å². The Hall–Kier alpha value is 0.310. The highest BCUT2D eigenvalue weighted by Crippen LogP contribution is 2.25. The van der Waals surface area contributed by atoms with Crippen molar-refractivity contribution in [1.29, 1.82) is 0 Å². The van der Waals surface area contributed by atoms with E-state index in [1.165, 1.54) is 30.8 Å². The summed E-state index contributed by atoms with van der Waals surface area (Å²) in [4.78, 5) is 0. The number of hydrogen-bond acceptors (Lipinski definition) is 2. The van der Waals surface area contributed by atoms with Crippen molar-refractivity contribution < 1.29 is 0 Å². The average Bonchev–Trinajstić information content (AvgIpc) is 1.94. The van der Waals surface area contributed by atoms with Crippen molar-refractivity contribution in [3.05, 3.63) is 0 Å². The molecule has 1 heterocycles. The monoisotopic (exact) mass is 159 g/mol. The second-order valence-corrected chi connectivity index (χ2v) is 4.23. The minimum absolute atomic E-state index is 0.485. The van der Waals surface area contributed by atoms with E-state index in [2.05, 4.69) is 6.92 Å². The van der Waals surface area contributed by atoms with Crippen molar-refractivity contribution in [2.75, 3.05) is 11.5 Å². The van der Waals surface area contributed by atoms with Crippen LogP contribution in [0.15, 0.2) is 0 Å². The Morgan fingerprint density at radius 2 is 2.40 bits per heavy atom. The molecule has 0 bridgehead atoms. The topological polar surface area (TPSA) is 26.0 Å². The fourth-order valence-corrected chi connectivity index (χ4v) is 2.71. The van der Waals surface area contributed by atoms with Gasteiger partial charge >= 0.3 is 0 Å². The maximum atomic E-state index is 5.94. The van der Waals surface area contributed by atoms with Crippen LogP contribution in [0.3, 0.4) is 0 Å². The van der Waals surface area contributed by atoms with Gasteiger partial charge in [0.25, 0.3) is 0 Å². The molecule has 2 atom stereocenters. The molecule has 10 heavy (non-hydrogen) atoms. The van der Waals surface area contributed by atoms with Crippen LogP contribution < -0.4 is 5.73 Å². The minimum atomic E-state index is 0.485. The number of nitrogens with two attached hydrogens (primary N) is 1. The summed E-state index contributed by atoms with van der Waals surface area (Å²) in [5.41, 5.74) is 5.94.